The lowest BCUT2D eigenvalue weighted by Gasteiger charge is -2.28. The number of fused-ring (bicyclic) bond motifs is 1. The van der Waals surface area contributed by atoms with E-state index in [1.165, 1.54) is 0 Å². The molecule has 3 rings (SSSR count). The molecule has 2 aromatic heterocycles. The van der Waals surface area contributed by atoms with Gasteiger partial charge in [-0.2, -0.15) is 0 Å². The highest BCUT2D eigenvalue weighted by molar-refractivity contribution is 5.96. The van der Waals surface area contributed by atoms with Gasteiger partial charge in [-0.1, -0.05) is 11.8 Å². The van der Waals surface area contributed by atoms with Crippen LogP contribution in [0.5, 0.6) is 0 Å². The maximum atomic E-state index is 12.6. The first-order valence-electron chi connectivity index (χ1n) is 6.62. The van der Waals surface area contributed by atoms with Crippen molar-refractivity contribution in [2.24, 2.45) is 0 Å². The molecule has 0 bridgehead atoms. The summed E-state index contributed by atoms with van der Waals surface area (Å²) in [5.41, 5.74) is 1.04. The van der Waals surface area contributed by atoms with Crippen molar-refractivity contribution in [3.05, 3.63) is 47.8 Å². The van der Waals surface area contributed by atoms with Gasteiger partial charge in [0.1, 0.15) is 12.4 Å². The van der Waals surface area contributed by atoms with Gasteiger partial charge in [0.15, 0.2) is 0 Å². The van der Waals surface area contributed by atoms with Gasteiger partial charge in [-0.15, -0.1) is 0 Å². The number of amides is 1. The van der Waals surface area contributed by atoms with Crippen LogP contribution >= 0.6 is 0 Å². The molecule has 0 fully saturated rings. The second-order valence-corrected chi connectivity index (χ2v) is 4.64. The number of pyridine rings is 1. The predicted octanol–water partition coefficient (Wildman–Crippen LogP) is 0.278. The monoisotopic (exact) mass is 282 g/mol. The first-order chi connectivity index (χ1) is 10.3. The number of aliphatic hydroxyl groups excluding tert-OH is 1. The maximum absolute atomic E-state index is 12.6. The molecule has 0 radical (unpaired) electrons. The summed E-state index contributed by atoms with van der Waals surface area (Å²) >= 11 is 0. The van der Waals surface area contributed by atoms with Gasteiger partial charge in [0.25, 0.3) is 5.91 Å². The fourth-order valence-electron chi connectivity index (χ4n) is 2.33. The first-order valence-corrected chi connectivity index (χ1v) is 6.62. The van der Waals surface area contributed by atoms with Crippen LogP contribution in [0.15, 0.2) is 30.9 Å². The largest absolute Gasteiger partial charge is 0.384 e. The maximum Gasteiger partial charge on any atom is 0.255 e. The number of imidazole rings is 1. The van der Waals surface area contributed by atoms with Gasteiger partial charge in [0.05, 0.1) is 17.7 Å². The van der Waals surface area contributed by atoms with E-state index in [9.17, 15) is 4.79 Å². The van der Waals surface area contributed by atoms with Crippen LogP contribution in [-0.4, -0.2) is 43.6 Å². The number of rotatable bonds is 1. The second-order valence-electron chi connectivity index (χ2n) is 4.64. The molecule has 0 saturated heterocycles. The Morgan fingerprint density at radius 1 is 1.38 bits per heavy atom. The molecule has 6 nitrogen and oxygen atoms in total. The smallest absolute Gasteiger partial charge is 0.255 e. The van der Waals surface area contributed by atoms with Gasteiger partial charge >= 0.3 is 0 Å². The van der Waals surface area contributed by atoms with Crippen molar-refractivity contribution in [3.63, 3.8) is 0 Å². The summed E-state index contributed by atoms with van der Waals surface area (Å²) in [6.45, 7) is 1.62. The minimum Gasteiger partial charge on any atom is -0.384 e. The topological polar surface area (TPSA) is 71.2 Å². The normalized spacial score (nSPS) is 13.3. The molecular formula is C15H14N4O2. The highest BCUT2D eigenvalue weighted by atomic mass is 16.2. The molecule has 0 aromatic carbocycles. The average molecular weight is 282 g/mol. The van der Waals surface area contributed by atoms with Gasteiger partial charge in [-0.3, -0.25) is 9.78 Å². The molecule has 1 N–H and O–H groups in total. The van der Waals surface area contributed by atoms with E-state index in [0.717, 1.165) is 12.4 Å². The predicted molar refractivity (Wildman–Crippen MR) is 75.2 cm³/mol. The minimum absolute atomic E-state index is 0.0890. The van der Waals surface area contributed by atoms with Crippen LogP contribution in [0.2, 0.25) is 0 Å². The van der Waals surface area contributed by atoms with Crippen molar-refractivity contribution >= 4 is 5.91 Å². The van der Waals surface area contributed by atoms with Crippen LogP contribution < -0.4 is 0 Å². The lowest BCUT2D eigenvalue weighted by Crippen LogP contribution is -2.38. The fraction of sp³-hybridized carbons (Fsp3) is 0.267. The third-order valence-corrected chi connectivity index (χ3v) is 3.39. The molecule has 6 heteroatoms. The molecule has 0 unspecified atom stereocenters. The molecule has 1 aliphatic rings. The van der Waals surface area contributed by atoms with E-state index in [-0.39, 0.29) is 12.5 Å². The summed E-state index contributed by atoms with van der Waals surface area (Å²) in [7, 11) is 0. The van der Waals surface area contributed by atoms with E-state index < -0.39 is 0 Å². The summed E-state index contributed by atoms with van der Waals surface area (Å²) in [5.74, 6) is 6.11. The Hall–Kier alpha value is -2.65. The third kappa shape index (κ3) is 2.64. The fourth-order valence-corrected chi connectivity index (χ4v) is 2.33. The van der Waals surface area contributed by atoms with Crippen LogP contribution in [0.25, 0.3) is 0 Å². The quantitative estimate of drug-likeness (QED) is 0.763. The first kappa shape index (κ1) is 13.3. The lowest BCUT2D eigenvalue weighted by atomic mass is 10.1. The van der Waals surface area contributed by atoms with E-state index in [1.54, 1.807) is 29.6 Å². The highest BCUT2D eigenvalue weighted by Crippen LogP contribution is 2.15. The molecule has 0 atom stereocenters. The van der Waals surface area contributed by atoms with Crippen LogP contribution in [0.3, 0.4) is 0 Å². The van der Waals surface area contributed by atoms with Crippen molar-refractivity contribution in [1.29, 1.82) is 0 Å². The van der Waals surface area contributed by atoms with E-state index >= 15 is 0 Å². The third-order valence-electron chi connectivity index (χ3n) is 3.39. The van der Waals surface area contributed by atoms with E-state index in [1.807, 2.05) is 10.8 Å². The molecule has 21 heavy (non-hydrogen) atoms. The van der Waals surface area contributed by atoms with Crippen LogP contribution in [-0.2, 0) is 13.1 Å². The number of aromatic nitrogens is 3. The number of hydrogen-bond acceptors (Lipinski definition) is 4. The number of aliphatic hydroxyl groups is 1. The summed E-state index contributed by atoms with van der Waals surface area (Å²) in [4.78, 5) is 22.6. The van der Waals surface area contributed by atoms with Crippen molar-refractivity contribution in [1.82, 2.24) is 19.4 Å². The summed E-state index contributed by atoms with van der Waals surface area (Å²) in [6, 6.07) is 1.66. The lowest BCUT2D eigenvalue weighted by molar-refractivity contribution is 0.0707. The standard InChI is InChI=1S/C15H14N4O2/c20-9-1-2-12-10-16-4-3-13(12)15(21)19-8-7-18-6-5-17-14(18)11-19/h3-6,10,20H,7-9,11H2. The molecule has 0 spiro atoms. The molecular weight excluding hydrogens is 268 g/mol. The Balaban J connectivity index is 1.86. The zero-order chi connectivity index (χ0) is 14.7. The van der Waals surface area contributed by atoms with Gasteiger partial charge in [-0.25, -0.2) is 4.98 Å². The van der Waals surface area contributed by atoms with Crippen molar-refractivity contribution in [2.75, 3.05) is 13.2 Å². The van der Waals surface area contributed by atoms with E-state index in [4.69, 9.17) is 5.11 Å². The Kier molecular flexibility index (Phi) is 3.67. The zero-order valence-electron chi connectivity index (χ0n) is 11.4. The molecule has 3 heterocycles. The molecule has 1 amide bonds. The molecule has 2 aromatic rings. The zero-order valence-corrected chi connectivity index (χ0v) is 11.4. The Labute approximate surface area is 122 Å². The van der Waals surface area contributed by atoms with Crippen molar-refractivity contribution in [3.8, 4) is 11.8 Å². The molecule has 106 valence electrons. The Bertz CT molecular complexity index is 727. The van der Waals surface area contributed by atoms with Gasteiger partial charge in [-0.05, 0) is 6.07 Å². The molecule has 0 saturated carbocycles. The van der Waals surface area contributed by atoms with Gasteiger partial charge in [0.2, 0.25) is 0 Å². The Morgan fingerprint density at radius 2 is 2.29 bits per heavy atom. The summed E-state index contributed by atoms with van der Waals surface area (Å²) in [5, 5.41) is 8.79. The molecule has 1 aliphatic heterocycles. The van der Waals surface area contributed by atoms with Crippen LogP contribution in [0.4, 0.5) is 0 Å². The van der Waals surface area contributed by atoms with Crippen molar-refractivity contribution in [2.45, 2.75) is 13.1 Å². The van der Waals surface area contributed by atoms with E-state index in [0.29, 0.717) is 24.2 Å². The van der Waals surface area contributed by atoms with E-state index in [2.05, 4.69) is 21.8 Å². The highest BCUT2D eigenvalue weighted by Gasteiger charge is 2.23. The Morgan fingerprint density at radius 3 is 3.14 bits per heavy atom. The minimum atomic E-state index is -0.246. The SMILES string of the molecule is O=C(c1ccncc1C#CCO)N1CCn2ccnc2C1. The second kappa shape index (κ2) is 5.77. The number of hydrogen-bond donors (Lipinski definition) is 1. The van der Waals surface area contributed by atoms with Crippen LogP contribution in [0, 0.1) is 11.8 Å². The van der Waals surface area contributed by atoms with Crippen LogP contribution in [0.1, 0.15) is 21.7 Å². The number of carbonyl (C=O) groups excluding carboxylic acids is 1. The van der Waals surface area contributed by atoms with Crippen molar-refractivity contribution < 1.29 is 9.90 Å². The molecule has 0 aliphatic carbocycles. The summed E-state index contributed by atoms with van der Waals surface area (Å²) < 4.78 is 2.04. The number of nitrogens with zero attached hydrogens (tertiary/aromatic N) is 4. The number of carbonyl (C=O) groups is 1. The average Bonchev–Trinajstić information content (AvgIpc) is 3.00. The van der Waals surface area contributed by atoms with Gasteiger partial charge in [0, 0.05) is 37.9 Å². The van der Waals surface area contributed by atoms with Gasteiger partial charge < -0.3 is 14.6 Å². The summed E-state index contributed by atoms with van der Waals surface area (Å²) in [6.07, 6.45) is 6.78.